The fourth-order valence-corrected chi connectivity index (χ4v) is 4.61. The molecular weight excluding hydrogens is 486 g/mol. The van der Waals surface area contributed by atoms with Crippen LogP contribution in [0.3, 0.4) is 0 Å². The number of halogens is 4. The Morgan fingerprint density at radius 3 is 2.43 bits per heavy atom. The zero-order valence-corrected chi connectivity index (χ0v) is 19.4. The van der Waals surface area contributed by atoms with Gasteiger partial charge in [0.25, 0.3) is 0 Å². The van der Waals surface area contributed by atoms with Crippen LogP contribution in [0.5, 0.6) is 0 Å². The van der Waals surface area contributed by atoms with Crippen LogP contribution in [0.1, 0.15) is 47.2 Å². The number of alkyl halides is 3. The van der Waals surface area contributed by atoms with E-state index >= 15 is 0 Å². The van der Waals surface area contributed by atoms with E-state index < -0.39 is 23.7 Å². The Kier molecular flexibility index (Phi) is 6.37. The number of carbonyl (C=O) groups is 1. The fourth-order valence-electron chi connectivity index (χ4n) is 4.61. The quantitative estimate of drug-likeness (QED) is 0.218. The van der Waals surface area contributed by atoms with Crippen molar-refractivity contribution in [3.8, 4) is 0 Å². The number of nitrogens with zero attached hydrogens (tertiary/aromatic N) is 2. The van der Waals surface area contributed by atoms with Crippen molar-refractivity contribution in [3.63, 3.8) is 0 Å². The molecule has 1 saturated carbocycles. The first kappa shape index (κ1) is 24.4. The van der Waals surface area contributed by atoms with E-state index in [2.05, 4.69) is 15.2 Å². The van der Waals surface area contributed by atoms with Crippen molar-refractivity contribution >= 4 is 34.1 Å². The first-order chi connectivity index (χ1) is 17.7. The van der Waals surface area contributed by atoms with E-state index in [0.29, 0.717) is 46.2 Å². The average Bonchev–Trinajstić information content (AvgIpc) is 3.21. The van der Waals surface area contributed by atoms with Crippen molar-refractivity contribution in [3.05, 3.63) is 101 Å². The van der Waals surface area contributed by atoms with Gasteiger partial charge in [-0.05, 0) is 76.9 Å². The number of carboxylic acids is 1. The highest BCUT2D eigenvalue weighted by Gasteiger charge is 2.38. The largest absolute Gasteiger partial charge is 0.478 e. The molecule has 0 bridgehead atoms. The molecule has 0 unspecified atom stereocenters. The van der Waals surface area contributed by atoms with Crippen LogP contribution in [0.4, 0.5) is 17.6 Å². The van der Waals surface area contributed by atoms with E-state index in [4.69, 9.17) is 5.11 Å². The van der Waals surface area contributed by atoms with Gasteiger partial charge in [-0.25, -0.2) is 4.79 Å². The van der Waals surface area contributed by atoms with Gasteiger partial charge in [0.2, 0.25) is 5.95 Å². The molecule has 2 N–H and O–H groups in total. The van der Waals surface area contributed by atoms with E-state index in [1.165, 1.54) is 18.3 Å². The molecule has 5 rings (SSSR count). The Morgan fingerprint density at radius 2 is 1.78 bits per heavy atom. The number of pyridine rings is 1. The standard InChI is InChI=1S/C28H21F4N3O2/c29-27-20-15-19(11-12-22(20)34-35-27)24(18-9-6-16(7-10-18)8-13-23(36)37)25(17-3-1-4-17)26-21(28(30,31)32)5-2-14-33-26/h2,5-15,17H,1,3-4H2,(H,34,35)(H,36,37)/b13-8+,25-24+. The summed E-state index contributed by atoms with van der Waals surface area (Å²) >= 11 is 0. The molecule has 1 aliphatic carbocycles. The van der Waals surface area contributed by atoms with Crippen LogP contribution in [-0.4, -0.2) is 26.3 Å². The highest BCUT2D eigenvalue weighted by Crippen LogP contribution is 2.47. The van der Waals surface area contributed by atoms with E-state index in [0.717, 1.165) is 18.6 Å². The van der Waals surface area contributed by atoms with Gasteiger partial charge in [-0.2, -0.15) is 17.6 Å². The first-order valence-electron chi connectivity index (χ1n) is 11.6. The van der Waals surface area contributed by atoms with Crippen LogP contribution in [0.25, 0.3) is 28.1 Å². The third-order valence-electron chi connectivity index (χ3n) is 6.57. The van der Waals surface area contributed by atoms with Crippen LogP contribution in [-0.2, 0) is 11.0 Å². The minimum absolute atomic E-state index is 0.141. The number of aromatic amines is 1. The third kappa shape index (κ3) is 4.89. The number of H-pyrrole nitrogens is 1. The Balaban J connectivity index is 1.80. The number of hydrogen-bond donors (Lipinski definition) is 2. The van der Waals surface area contributed by atoms with Crippen molar-refractivity contribution in [2.75, 3.05) is 0 Å². The zero-order valence-electron chi connectivity index (χ0n) is 19.4. The fraction of sp³-hybridized carbons (Fsp3) is 0.179. The molecule has 2 heterocycles. The molecule has 0 radical (unpaired) electrons. The number of carboxylic acid groups (broad SMARTS) is 1. The molecule has 0 amide bonds. The second-order valence-electron chi connectivity index (χ2n) is 8.88. The van der Waals surface area contributed by atoms with Crippen molar-refractivity contribution in [1.82, 2.24) is 15.2 Å². The maximum absolute atomic E-state index is 14.4. The SMILES string of the molecule is O=C(O)/C=C/c1ccc(/C(=C(\c2ncccc2C(F)(F)F)C2CCC2)c2ccc3[nH]nc(F)c3c2)cc1. The van der Waals surface area contributed by atoms with Crippen LogP contribution in [0.2, 0.25) is 0 Å². The van der Waals surface area contributed by atoms with Crippen LogP contribution in [0.15, 0.2) is 66.9 Å². The number of aromatic nitrogens is 3. The van der Waals surface area contributed by atoms with Crippen molar-refractivity contribution in [2.45, 2.75) is 25.4 Å². The molecule has 2 aromatic carbocycles. The molecule has 0 aliphatic heterocycles. The van der Waals surface area contributed by atoms with Gasteiger partial charge in [-0.1, -0.05) is 36.8 Å². The highest BCUT2D eigenvalue weighted by molar-refractivity contribution is 6.01. The lowest BCUT2D eigenvalue weighted by molar-refractivity contribution is -0.138. The minimum atomic E-state index is -4.62. The molecule has 0 spiro atoms. The van der Waals surface area contributed by atoms with Gasteiger partial charge >= 0.3 is 12.1 Å². The number of benzene rings is 2. The summed E-state index contributed by atoms with van der Waals surface area (Å²) in [4.78, 5) is 15.1. The average molecular weight is 507 g/mol. The zero-order chi connectivity index (χ0) is 26.2. The van der Waals surface area contributed by atoms with Gasteiger partial charge in [0.05, 0.1) is 22.2 Å². The van der Waals surface area contributed by atoms with Crippen LogP contribution in [0, 0.1) is 11.9 Å². The van der Waals surface area contributed by atoms with Gasteiger partial charge < -0.3 is 5.11 Å². The molecule has 1 aliphatic rings. The van der Waals surface area contributed by atoms with Gasteiger partial charge in [0.1, 0.15) is 0 Å². The van der Waals surface area contributed by atoms with E-state index in [9.17, 15) is 22.4 Å². The number of hydrogen-bond acceptors (Lipinski definition) is 3. The summed E-state index contributed by atoms with van der Waals surface area (Å²) in [6, 6.07) is 14.1. The number of allylic oxidation sites excluding steroid dienone is 1. The molecule has 4 aromatic rings. The normalized spacial score (nSPS) is 15.1. The molecule has 37 heavy (non-hydrogen) atoms. The van der Waals surface area contributed by atoms with E-state index in [1.807, 2.05) is 0 Å². The van der Waals surface area contributed by atoms with Crippen LogP contribution >= 0.6 is 0 Å². The van der Waals surface area contributed by atoms with Crippen molar-refractivity contribution < 1.29 is 27.5 Å². The first-order valence-corrected chi connectivity index (χ1v) is 11.6. The molecule has 0 saturated heterocycles. The lowest BCUT2D eigenvalue weighted by Gasteiger charge is -2.32. The maximum Gasteiger partial charge on any atom is 0.418 e. The van der Waals surface area contributed by atoms with Crippen molar-refractivity contribution in [1.29, 1.82) is 0 Å². The predicted molar refractivity (Wildman–Crippen MR) is 132 cm³/mol. The topological polar surface area (TPSA) is 78.9 Å². The summed E-state index contributed by atoms with van der Waals surface area (Å²) in [6.07, 6.45) is 1.45. The maximum atomic E-state index is 14.4. The summed E-state index contributed by atoms with van der Waals surface area (Å²) < 4.78 is 56.7. The molecule has 1 fully saturated rings. The Labute approximate surface area is 209 Å². The van der Waals surface area contributed by atoms with Gasteiger partial charge in [0.15, 0.2) is 0 Å². The van der Waals surface area contributed by atoms with Crippen molar-refractivity contribution in [2.24, 2.45) is 5.92 Å². The molecule has 2 aromatic heterocycles. The Morgan fingerprint density at radius 1 is 1.05 bits per heavy atom. The third-order valence-corrected chi connectivity index (χ3v) is 6.57. The Bertz CT molecular complexity index is 1530. The summed E-state index contributed by atoms with van der Waals surface area (Å²) in [5, 5.41) is 15.3. The lowest BCUT2D eigenvalue weighted by atomic mass is 9.73. The van der Waals surface area contributed by atoms with Gasteiger partial charge in [0, 0.05) is 12.3 Å². The molecule has 9 heteroatoms. The second-order valence-corrected chi connectivity index (χ2v) is 8.88. The molecule has 5 nitrogen and oxygen atoms in total. The summed E-state index contributed by atoms with van der Waals surface area (Å²) in [5.74, 6) is -1.96. The van der Waals surface area contributed by atoms with Crippen LogP contribution < -0.4 is 0 Å². The number of nitrogens with one attached hydrogen (secondary N) is 1. The second kappa shape index (κ2) is 9.65. The van der Waals surface area contributed by atoms with Gasteiger partial charge in [-0.15, -0.1) is 5.10 Å². The number of aliphatic carboxylic acids is 1. The Hall–Kier alpha value is -4.27. The number of fused-ring (bicyclic) bond motifs is 1. The number of rotatable bonds is 6. The predicted octanol–water partition coefficient (Wildman–Crippen LogP) is 6.97. The summed E-state index contributed by atoms with van der Waals surface area (Å²) in [5.41, 5.74) is 2.22. The highest BCUT2D eigenvalue weighted by atomic mass is 19.4. The summed E-state index contributed by atoms with van der Waals surface area (Å²) in [6.45, 7) is 0. The lowest BCUT2D eigenvalue weighted by Crippen LogP contribution is -2.19. The van der Waals surface area contributed by atoms with E-state index in [1.54, 1.807) is 42.5 Å². The molecule has 0 atom stereocenters. The minimum Gasteiger partial charge on any atom is -0.478 e. The smallest absolute Gasteiger partial charge is 0.418 e. The summed E-state index contributed by atoms with van der Waals surface area (Å²) in [7, 11) is 0. The molecular formula is C28H21F4N3O2. The monoisotopic (exact) mass is 507 g/mol. The molecule has 188 valence electrons. The van der Waals surface area contributed by atoms with E-state index in [-0.39, 0.29) is 17.0 Å². The van der Waals surface area contributed by atoms with Gasteiger partial charge in [-0.3, -0.25) is 10.1 Å².